The van der Waals surface area contributed by atoms with Crippen LogP contribution in [0.15, 0.2) is 180 Å². The maximum Gasteiger partial charge on any atom is 0.161 e. The van der Waals surface area contributed by atoms with E-state index in [2.05, 4.69) is 168 Å². The van der Waals surface area contributed by atoms with E-state index in [0.29, 0.717) is 5.82 Å². The van der Waals surface area contributed by atoms with Crippen molar-refractivity contribution in [1.29, 1.82) is 0 Å². The summed E-state index contributed by atoms with van der Waals surface area (Å²) < 4.78 is 11.3. The molecule has 0 aliphatic carbocycles. The lowest BCUT2D eigenvalue weighted by Gasteiger charge is -2.10. The van der Waals surface area contributed by atoms with Crippen molar-refractivity contribution in [3.8, 4) is 39.5 Å². The van der Waals surface area contributed by atoms with Crippen molar-refractivity contribution in [2.45, 2.75) is 0 Å². The Bertz CT molecular complexity index is 3480. The van der Waals surface area contributed by atoms with E-state index in [9.17, 15) is 0 Å². The summed E-state index contributed by atoms with van der Waals surface area (Å²) in [4.78, 5) is 10.7. The number of para-hydroxylation sites is 1. The molecule has 12 rings (SSSR count). The standard InChI is InChI=1S/C50H29N3OS/c1-2-11-30(12-3-1)31-21-23-32(24-22-31)47-49-48(38-16-7-9-20-45(38)55-49)52-50(51-47)39-17-10-19-43-46(39)37-26-25-35(29-44(37)54-43)53-41-18-8-6-15-36(41)40-27-33-13-4-5-14-34(33)28-42(40)53/h1-29H. The molecule has 0 aliphatic heterocycles. The number of furan rings is 1. The summed E-state index contributed by atoms with van der Waals surface area (Å²) in [6, 6.07) is 62.4. The molecule has 0 radical (unpaired) electrons. The molecule has 0 unspecified atom stereocenters. The lowest BCUT2D eigenvalue weighted by Crippen LogP contribution is -1.94. The van der Waals surface area contributed by atoms with Crippen LogP contribution in [0.25, 0.3) is 114 Å². The summed E-state index contributed by atoms with van der Waals surface area (Å²) in [5.74, 6) is 0.685. The highest BCUT2D eigenvalue weighted by Gasteiger charge is 2.21. The normalized spacial score (nSPS) is 12.0. The largest absolute Gasteiger partial charge is 0.456 e. The number of aromatic nitrogens is 3. The maximum absolute atomic E-state index is 6.69. The minimum Gasteiger partial charge on any atom is -0.456 e. The van der Waals surface area contributed by atoms with Gasteiger partial charge in [-0.05, 0) is 64.4 Å². The predicted octanol–water partition coefficient (Wildman–Crippen LogP) is 14.0. The van der Waals surface area contributed by atoms with Crippen molar-refractivity contribution >= 4 is 86.2 Å². The molecule has 12 aromatic rings. The van der Waals surface area contributed by atoms with Crippen LogP contribution >= 0.6 is 11.3 Å². The Balaban J connectivity index is 1.06. The van der Waals surface area contributed by atoms with Crippen LogP contribution in [0.2, 0.25) is 0 Å². The van der Waals surface area contributed by atoms with E-state index in [4.69, 9.17) is 14.4 Å². The van der Waals surface area contributed by atoms with E-state index in [-0.39, 0.29) is 0 Å². The minimum atomic E-state index is 0.685. The molecule has 0 saturated carbocycles. The fourth-order valence-corrected chi connectivity index (χ4v) is 9.59. The Hall–Kier alpha value is -7.08. The molecule has 256 valence electrons. The summed E-state index contributed by atoms with van der Waals surface area (Å²) in [6.45, 7) is 0. The predicted molar refractivity (Wildman–Crippen MR) is 230 cm³/mol. The number of fused-ring (bicyclic) bond motifs is 10. The summed E-state index contributed by atoms with van der Waals surface area (Å²) in [6.07, 6.45) is 0. The van der Waals surface area contributed by atoms with Gasteiger partial charge >= 0.3 is 0 Å². The van der Waals surface area contributed by atoms with Gasteiger partial charge in [-0.15, -0.1) is 11.3 Å². The first-order chi connectivity index (χ1) is 27.2. The molecule has 5 heteroatoms. The third-order valence-corrected chi connectivity index (χ3v) is 12.2. The Morgan fingerprint density at radius 1 is 0.473 bits per heavy atom. The number of hydrogen-bond donors (Lipinski definition) is 0. The van der Waals surface area contributed by atoms with Gasteiger partial charge in [0.2, 0.25) is 0 Å². The average Bonchev–Trinajstić information content (AvgIpc) is 3.92. The zero-order chi connectivity index (χ0) is 36.0. The first-order valence-corrected chi connectivity index (χ1v) is 19.3. The number of hydrogen-bond acceptors (Lipinski definition) is 4. The van der Waals surface area contributed by atoms with Crippen molar-refractivity contribution in [1.82, 2.24) is 14.5 Å². The molecule has 55 heavy (non-hydrogen) atoms. The van der Waals surface area contributed by atoms with Crippen LogP contribution in [0, 0.1) is 0 Å². The van der Waals surface area contributed by atoms with Crippen LogP contribution in [0.3, 0.4) is 0 Å². The second kappa shape index (κ2) is 11.7. The Morgan fingerprint density at radius 3 is 2.07 bits per heavy atom. The molecular weight excluding hydrogens is 691 g/mol. The summed E-state index contributed by atoms with van der Waals surface area (Å²) in [5, 5.41) is 8.11. The SMILES string of the molecule is c1ccc(-c2ccc(-c3nc(-c4cccc5oc6cc(-n7c8ccccc8c8cc9ccccc9cc87)ccc6c45)nc4c3sc3ccccc34)cc2)cc1. The molecule has 0 amide bonds. The zero-order valence-electron chi connectivity index (χ0n) is 29.4. The van der Waals surface area contributed by atoms with Gasteiger partial charge in [0.1, 0.15) is 11.2 Å². The molecular formula is C50H29N3OS. The smallest absolute Gasteiger partial charge is 0.161 e. The van der Waals surface area contributed by atoms with E-state index in [1.807, 2.05) is 12.1 Å². The fourth-order valence-electron chi connectivity index (χ4n) is 8.43. The highest BCUT2D eigenvalue weighted by molar-refractivity contribution is 7.26. The third kappa shape index (κ3) is 4.64. The molecule has 0 N–H and O–H groups in total. The molecule has 4 heterocycles. The quantitative estimate of drug-likeness (QED) is 0.182. The number of rotatable bonds is 4. The Kier molecular flexibility index (Phi) is 6.47. The summed E-state index contributed by atoms with van der Waals surface area (Å²) in [7, 11) is 0. The second-order valence-corrected chi connectivity index (χ2v) is 15.2. The van der Waals surface area contributed by atoms with Gasteiger partial charge in [0, 0.05) is 54.5 Å². The maximum atomic E-state index is 6.69. The topological polar surface area (TPSA) is 43.9 Å². The molecule has 0 spiro atoms. The molecule has 0 aliphatic rings. The Morgan fingerprint density at radius 2 is 1.20 bits per heavy atom. The second-order valence-electron chi connectivity index (χ2n) is 14.1. The number of nitrogens with zero attached hydrogens (tertiary/aromatic N) is 3. The van der Waals surface area contributed by atoms with Crippen molar-refractivity contribution in [2.24, 2.45) is 0 Å². The van der Waals surface area contributed by atoms with E-state index >= 15 is 0 Å². The minimum absolute atomic E-state index is 0.685. The van der Waals surface area contributed by atoms with Gasteiger partial charge in [-0.25, -0.2) is 9.97 Å². The highest BCUT2D eigenvalue weighted by atomic mass is 32.1. The average molecular weight is 720 g/mol. The monoisotopic (exact) mass is 719 g/mol. The van der Waals surface area contributed by atoms with Crippen LogP contribution in [0.5, 0.6) is 0 Å². The highest BCUT2D eigenvalue weighted by Crippen LogP contribution is 2.43. The van der Waals surface area contributed by atoms with Crippen LogP contribution < -0.4 is 0 Å². The number of benzene rings is 8. The van der Waals surface area contributed by atoms with Crippen LogP contribution in [0.4, 0.5) is 0 Å². The van der Waals surface area contributed by atoms with E-state index < -0.39 is 0 Å². The van der Waals surface area contributed by atoms with Crippen LogP contribution in [0.1, 0.15) is 0 Å². The molecule has 4 aromatic heterocycles. The lowest BCUT2D eigenvalue weighted by atomic mass is 10.0. The van der Waals surface area contributed by atoms with Crippen LogP contribution in [-0.4, -0.2) is 14.5 Å². The molecule has 0 fully saturated rings. The van der Waals surface area contributed by atoms with Gasteiger partial charge in [0.25, 0.3) is 0 Å². The number of thiophene rings is 1. The third-order valence-electron chi connectivity index (χ3n) is 11.0. The zero-order valence-corrected chi connectivity index (χ0v) is 30.2. The lowest BCUT2D eigenvalue weighted by molar-refractivity contribution is 0.668. The summed E-state index contributed by atoms with van der Waals surface area (Å²) in [5.41, 5.74) is 11.3. The first-order valence-electron chi connectivity index (χ1n) is 18.5. The van der Waals surface area contributed by atoms with Crippen molar-refractivity contribution in [3.05, 3.63) is 176 Å². The molecule has 0 atom stereocenters. The van der Waals surface area contributed by atoms with Gasteiger partial charge in [-0.1, -0.05) is 127 Å². The fraction of sp³-hybridized carbons (Fsp3) is 0. The van der Waals surface area contributed by atoms with Crippen molar-refractivity contribution in [3.63, 3.8) is 0 Å². The van der Waals surface area contributed by atoms with Gasteiger partial charge in [-0.2, -0.15) is 0 Å². The van der Waals surface area contributed by atoms with Gasteiger partial charge < -0.3 is 8.98 Å². The first kappa shape index (κ1) is 30.4. The molecule has 0 bridgehead atoms. The van der Waals surface area contributed by atoms with Crippen LogP contribution in [-0.2, 0) is 0 Å². The molecule has 8 aromatic carbocycles. The van der Waals surface area contributed by atoms with Gasteiger partial charge in [0.05, 0.1) is 26.9 Å². The van der Waals surface area contributed by atoms with Gasteiger partial charge in [-0.3, -0.25) is 0 Å². The Labute approximate surface area is 319 Å². The molecule has 4 nitrogen and oxygen atoms in total. The van der Waals surface area contributed by atoms with Gasteiger partial charge in [0.15, 0.2) is 5.82 Å². The van der Waals surface area contributed by atoms with E-state index in [1.165, 1.54) is 42.9 Å². The van der Waals surface area contributed by atoms with Crippen molar-refractivity contribution < 1.29 is 4.42 Å². The van der Waals surface area contributed by atoms with E-state index in [1.54, 1.807) is 11.3 Å². The van der Waals surface area contributed by atoms with Crippen molar-refractivity contribution in [2.75, 3.05) is 0 Å². The summed E-state index contributed by atoms with van der Waals surface area (Å²) >= 11 is 1.75. The molecule has 0 saturated heterocycles. The van der Waals surface area contributed by atoms with E-state index in [0.717, 1.165) is 65.6 Å².